The summed E-state index contributed by atoms with van der Waals surface area (Å²) in [4.78, 5) is 12.6. The van der Waals surface area contributed by atoms with Crippen molar-refractivity contribution in [2.24, 2.45) is 0 Å². The molecule has 0 unspecified atom stereocenters. The first-order valence-corrected chi connectivity index (χ1v) is 14.6. The fraction of sp³-hybridized carbons (Fsp3) is 0.424. The van der Waals surface area contributed by atoms with Gasteiger partial charge in [-0.15, -0.1) is 0 Å². The first-order valence-electron chi connectivity index (χ1n) is 14.6. The second-order valence-corrected chi connectivity index (χ2v) is 10.3. The van der Waals surface area contributed by atoms with Gasteiger partial charge in [-0.3, -0.25) is 0 Å². The molecule has 0 amide bonds. The van der Waals surface area contributed by atoms with Crippen LogP contribution in [0.15, 0.2) is 72.8 Å². The number of carbonyl (C=O) groups is 1. The zero-order valence-corrected chi connectivity index (χ0v) is 24.7. The van der Waals surface area contributed by atoms with Gasteiger partial charge in [0.1, 0.15) is 17.2 Å². The number of rotatable bonds is 18. The van der Waals surface area contributed by atoms with Crippen molar-refractivity contribution in [2.45, 2.75) is 76.7 Å². The summed E-state index contributed by atoms with van der Waals surface area (Å²) in [5.41, 5.74) is 1.58. The highest BCUT2D eigenvalue weighted by atomic mass is 19.4. The van der Waals surface area contributed by atoms with Crippen molar-refractivity contribution < 1.29 is 54.5 Å². The Morgan fingerprint density at radius 2 is 1.07 bits per heavy atom. The smallest absolute Gasteiger partial charge is 0.483 e. The molecule has 246 valence electrons. The zero-order chi connectivity index (χ0) is 32.9. The predicted molar refractivity (Wildman–Crippen MR) is 154 cm³/mol. The third-order valence-electron chi connectivity index (χ3n) is 6.62. The summed E-state index contributed by atoms with van der Waals surface area (Å²) in [6.45, 7) is 0.945. The molecule has 0 saturated heterocycles. The van der Waals surface area contributed by atoms with E-state index in [-0.39, 0.29) is 11.5 Å². The Morgan fingerprint density at radius 3 is 1.60 bits per heavy atom. The zero-order valence-electron chi connectivity index (χ0n) is 24.7. The van der Waals surface area contributed by atoms with Gasteiger partial charge in [-0.1, -0.05) is 76.1 Å². The summed E-state index contributed by atoms with van der Waals surface area (Å²) in [7, 11) is 0. The van der Waals surface area contributed by atoms with Crippen LogP contribution in [0, 0.1) is 0 Å². The van der Waals surface area contributed by atoms with E-state index >= 15 is 0 Å². The van der Waals surface area contributed by atoms with Crippen LogP contribution < -0.4 is 14.2 Å². The molecule has 3 aromatic carbocycles. The summed E-state index contributed by atoms with van der Waals surface area (Å²) in [6, 6.07) is 18.4. The van der Waals surface area contributed by atoms with E-state index in [1.807, 2.05) is 0 Å². The minimum Gasteiger partial charge on any atom is -0.494 e. The standard InChI is InChI=1S/C33H35F7O5/c1-2-3-4-5-6-7-8-9-22-42-27-18-14-26(15-19-27)30(41)44-29-20-12-25(13-21-29)24-10-16-28(17-11-24)43-23-31(34,35)45-33(39,40)32(36,37)38/h10-21H,2-9,22-23H2,1H3. The summed E-state index contributed by atoms with van der Waals surface area (Å²) >= 11 is 0. The number of benzene rings is 3. The minimum absolute atomic E-state index is 0.215. The molecule has 0 bridgehead atoms. The number of esters is 1. The molecule has 5 nitrogen and oxygen atoms in total. The summed E-state index contributed by atoms with van der Waals surface area (Å²) in [5, 5.41) is 0. The van der Waals surface area contributed by atoms with Crippen LogP contribution >= 0.6 is 0 Å². The highest BCUT2D eigenvalue weighted by molar-refractivity contribution is 5.91. The van der Waals surface area contributed by atoms with E-state index in [4.69, 9.17) is 9.47 Å². The molecule has 0 atom stereocenters. The van der Waals surface area contributed by atoms with Crippen LogP contribution in [0.4, 0.5) is 30.7 Å². The molecule has 0 aliphatic carbocycles. The predicted octanol–water partition coefficient (Wildman–Crippen LogP) is 10.2. The van der Waals surface area contributed by atoms with Crippen LogP contribution in [0.2, 0.25) is 0 Å². The molecule has 0 aliphatic heterocycles. The van der Waals surface area contributed by atoms with Crippen molar-refractivity contribution in [2.75, 3.05) is 13.2 Å². The van der Waals surface area contributed by atoms with Crippen LogP contribution in [0.1, 0.15) is 68.6 Å². The van der Waals surface area contributed by atoms with Gasteiger partial charge in [0.25, 0.3) is 0 Å². The molecule has 12 heteroatoms. The summed E-state index contributed by atoms with van der Waals surface area (Å²) < 4.78 is 107. The number of carbonyl (C=O) groups excluding carboxylic acids is 1. The van der Waals surface area contributed by atoms with Gasteiger partial charge in [0, 0.05) is 0 Å². The van der Waals surface area contributed by atoms with Gasteiger partial charge >= 0.3 is 24.4 Å². The topological polar surface area (TPSA) is 54.0 Å². The van der Waals surface area contributed by atoms with E-state index in [0.29, 0.717) is 29.0 Å². The average Bonchev–Trinajstić information content (AvgIpc) is 2.99. The molecule has 0 N–H and O–H groups in total. The first kappa shape index (κ1) is 35.7. The van der Waals surface area contributed by atoms with Gasteiger partial charge in [0.2, 0.25) is 0 Å². The number of alkyl halides is 7. The van der Waals surface area contributed by atoms with Crippen molar-refractivity contribution in [1.82, 2.24) is 0 Å². The van der Waals surface area contributed by atoms with Crippen LogP contribution in [0.25, 0.3) is 11.1 Å². The number of hydrogen-bond acceptors (Lipinski definition) is 5. The molecule has 0 radical (unpaired) electrons. The van der Waals surface area contributed by atoms with Gasteiger partial charge in [0.05, 0.1) is 12.2 Å². The molecule has 3 rings (SSSR count). The van der Waals surface area contributed by atoms with E-state index in [0.717, 1.165) is 12.8 Å². The number of halogens is 7. The van der Waals surface area contributed by atoms with Crippen molar-refractivity contribution in [3.05, 3.63) is 78.4 Å². The summed E-state index contributed by atoms with van der Waals surface area (Å²) in [5.74, 6) is 0.164. The molecular formula is C33H35F7O5. The third kappa shape index (κ3) is 11.9. The molecule has 0 fully saturated rings. The van der Waals surface area contributed by atoms with E-state index in [1.165, 1.54) is 62.8 Å². The maximum Gasteiger partial charge on any atom is 0.483 e. The first-order chi connectivity index (χ1) is 21.3. The molecule has 0 aromatic heterocycles. The second-order valence-electron chi connectivity index (χ2n) is 10.3. The lowest BCUT2D eigenvalue weighted by Gasteiger charge is -2.25. The molecule has 0 saturated carbocycles. The summed E-state index contributed by atoms with van der Waals surface area (Å²) in [6.07, 6.45) is -7.60. The lowest BCUT2D eigenvalue weighted by Crippen LogP contribution is -2.46. The molecular weight excluding hydrogens is 609 g/mol. The highest BCUT2D eigenvalue weighted by Crippen LogP contribution is 2.40. The Kier molecular flexibility index (Phi) is 13.1. The van der Waals surface area contributed by atoms with Crippen LogP contribution in [0.5, 0.6) is 17.2 Å². The van der Waals surface area contributed by atoms with E-state index in [1.54, 1.807) is 48.5 Å². The van der Waals surface area contributed by atoms with Crippen molar-refractivity contribution in [3.63, 3.8) is 0 Å². The molecule has 45 heavy (non-hydrogen) atoms. The van der Waals surface area contributed by atoms with Gasteiger partial charge in [-0.25, -0.2) is 9.53 Å². The third-order valence-corrected chi connectivity index (χ3v) is 6.62. The monoisotopic (exact) mass is 644 g/mol. The lowest BCUT2D eigenvalue weighted by molar-refractivity contribution is -0.458. The highest BCUT2D eigenvalue weighted by Gasteiger charge is 2.64. The second kappa shape index (κ2) is 16.5. The van der Waals surface area contributed by atoms with Gasteiger partial charge in [-0.05, 0) is 66.1 Å². The van der Waals surface area contributed by atoms with Gasteiger partial charge < -0.3 is 14.2 Å². The Morgan fingerprint density at radius 1 is 0.600 bits per heavy atom. The van der Waals surface area contributed by atoms with Crippen molar-refractivity contribution >= 4 is 5.97 Å². The van der Waals surface area contributed by atoms with E-state index in [9.17, 15) is 35.5 Å². The Balaban J connectivity index is 1.43. The maximum atomic E-state index is 13.5. The van der Waals surface area contributed by atoms with Gasteiger partial charge in [-0.2, -0.15) is 30.7 Å². The number of hydrogen-bond donors (Lipinski definition) is 0. The molecule has 3 aromatic rings. The van der Waals surface area contributed by atoms with Gasteiger partial charge in [0.15, 0.2) is 6.61 Å². The SMILES string of the molecule is CCCCCCCCCCOc1ccc(C(=O)Oc2ccc(-c3ccc(OCC(F)(F)OC(F)(F)C(F)(F)F)cc3)cc2)cc1. The van der Waals surface area contributed by atoms with E-state index in [2.05, 4.69) is 16.4 Å². The van der Waals surface area contributed by atoms with Crippen molar-refractivity contribution in [3.8, 4) is 28.4 Å². The normalized spacial score (nSPS) is 12.2. The fourth-order valence-electron chi connectivity index (χ4n) is 4.18. The Bertz CT molecular complexity index is 1310. The maximum absolute atomic E-state index is 13.5. The Labute approximate surface area is 257 Å². The number of unbranched alkanes of at least 4 members (excludes halogenated alkanes) is 7. The molecule has 0 spiro atoms. The number of ether oxygens (including phenoxy) is 4. The van der Waals surface area contributed by atoms with Crippen LogP contribution in [-0.2, 0) is 4.74 Å². The fourth-order valence-corrected chi connectivity index (χ4v) is 4.18. The lowest BCUT2D eigenvalue weighted by atomic mass is 10.1. The average molecular weight is 645 g/mol. The molecule has 0 aliphatic rings. The molecule has 0 heterocycles. The minimum atomic E-state index is -6.31. The largest absolute Gasteiger partial charge is 0.494 e. The van der Waals surface area contributed by atoms with Crippen LogP contribution in [-0.4, -0.2) is 37.6 Å². The van der Waals surface area contributed by atoms with Crippen LogP contribution in [0.3, 0.4) is 0 Å². The quantitative estimate of drug-likeness (QED) is 0.0597. The Hall–Kier alpha value is -3.80. The van der Waals surface area contributed by atoms with Crippen molar-refractivity contribution in [1.29, 1.82) is 0 Å². The van der Waals surface area contributed by atoms with E-state index < -0.39 is 31.0 Å².